The van der Waals surface area contributed by atoms with Crippen LogP contribution in [0.3, 0.4) is 0 Å². The number of hydrogen-bond donors (Lipinski definition) is 0. The normalized spacial score (nSPS) is 9.00. The Hall–Kier alpha value is -1.96. The Labute approximate surface area is 68.4 Å². The molecule has 0 aromatic heterocycles. The molecule has 0 amide bonds. The SMILES string of the molecule is Cc1ccc([N+](=O)[O-])c([N+]#N)c1. The van der Waals surface area contributed by atoms with E-state index in [9.17, 15) is 10.1 Å². The first kappa shape index (κ1) is 8.14. The van der Waals surface area contributed by atoms with Gasteiger partial charge in [-0.1, -0.05) is 6.07 Å². The van der Waals surface area contributed by atoms with Crippen LogP contribution in [0.2, 0.25) is 0 Å². The number of nitrogens with zero attached hydrogens (tertiary/aromatic N) is 3. The zero-order valence-corrected chi connectivity index (χ0v) is 6.39. The zero-order valence-electron chi connectivity index (χ0n) is 6.39. The molecule has 0 aliphatic carbocycles. The number of nitro benzene ring substituents is 1. The summed E-state index contributed by atoms with van der Waals surface area (Å²) in [6.07, 6.45) is 0. The molecule has 0 saturated heterocycles. The average Bonchev–Trinajstić information content (AvgIpc) is 2.03. The molecule has 0 radical (unpaired) electrons. The molecule has 1 aromatic carbocycles. The van der Waals surface area contributed by atoms with E-state index in [1.54, 1.807) is 13.0 Å². The molecule has 0 saturated carbocycles. The molecule has 0 aliphatic heterocycles. The molecule has 0 unspecified atom stereocenters. The van der Waals surface area contributed by atoms with Gasteiger partial charge in [0, 0.05) is 12.1 Å². The molecule has 0 fully saturated rings. The van der Waals surface area contributed by atoms with E-state index >= 15 is 0 Å². The fraction of sp³-hybridized carbons (Fsp3) is 0.143. The van der Waals surface area contributed by atoms with Crippen LogP contribution in [0.1, 0.15) is 5.56 Å². The van der Waals surface area contributed by atoms with Crippen molar-refractivity contribution in [2.24, 2.45) is 0 Å². The first-order valence-corrected chi connectivity index (χ1v) is 3.25. The second-order valence-electron chi connectivity index (χ2n) is 2.35. The summed E-state index contributed by atoms with van der Waals surface area (Å²) in [5.41, 5.74) is 0.608. The number of hydrogen-bond acceptors (Lipinski definition) is 3. The molecular formula is C7H6N3O2+. The highest BCUT2D eigenvalue weighted by Crippen LogP contribution is 2.27. The topological polar surface area (TPSA) is 71.3 Å². The summed E-state index contributed by atoms with van der Waals surface area (Å²) in [7, 11) is 0. The molecule has 5 nitrogen and oxygen atoms in total. The maximum absolute atomic E-state index is 10.3. The summed E-state index contributed by atoms with van der Waals surface area (Å²) in [5, 5.41) is 18.7. The minimum absolute atomic E-state index is 0.0139. The van der Waals surface area contributed by atoms with Gasteiger partial charge in [-0.15, -0.1) is 0 Å². The molecule has 0 spiro atoms. The fourth-order valence-corrected chi connectivity index (χ4v) is 0.868. The number of nitro groups is 1. The van der Waals surface area contributed by atoms with Gasteiger partial charge in [0.05, 0.1) is 4.92 Å². The summed E-state index contributed by atoms with van der Waals surface area (Å²) < 4.78 is 0. The molecule has 1 aromatic rings. The number of benzene rings is 1. The summed E-state index contributed by atoms with van der Waals surface area (Å²) in [5.74, 6) is 0. The highest BCUT2D eigenvalue weighted by molar-refractivity contribution is 5.62. The lowest BCUT2D eigenvalue weighted by molar-refractivity contribution is -0.383. The van der Waals surface area contributed by atoms with Crippen molar-refractivity contribution in [1.82, 2.24) is 0 Å². The third-order valence-electron chi connectivity index (χ3n) is 1.44. The average molecular weight is 164 g/mol. The van der Waals surface area contributed by atoms with E-state index in [1.165, 1.54) is 12.1 Å². The first-order valence-electron chi connectivity index (χ1n) is 3.25. The highest BCUT2D eigenvalue weighted by Gasteiger charge is 2.23. The van der Waals surface area contributed by atoms with Gasteiger partial charge in [-0.3, -0.25) is 10.1 Å². The van der Waals surface area contributed by atoms with E-state index in [0.717, 1.165) is 5.56 Å². The number of rotatable bonds is 1. The van der Waals surface area contributed by atoms with Gasteiger partial charge in [0.2, 0.25) is 5.39 Å². The predicted molar refractivity (Wildman–Crippen MR) is 42.6 cm³/mol. The molecule has 0 N–H and O–H groups in total. The third-order valence-corrected chi connectivity index (χ3v) is 1.44. The zero-order chi connectivity index (χ0) is 9.14. The molecular weight excluding hydrogens is 158 g/mol. The maximum atomic E-state index is 10.3. The molecule has 0 aliphatic rings. The molecule has 60 valence electrons. The van der Waals surface area contributed by atoms with Crippen molar-refractivity contribution in [3.63, 3.8) is 0 Å². The standard InChI is InChI=1S/C7H6N3O2/c1-5-2-3-7(10(11)12)6(4-5)9-8/h2-4H,1H3/q+1. The van der Waals surface area contributed by atoms with Crippen LogP contribution < -0.4 is 0 Å². The summed E-state index contributed by atoms with van der Waals surface area (Å²) in [4.78, 5) is 12.5. The summed E-state index contributed by atoms with van der Waals surface area (Å²) >= 11 is 0. The molecule has 12 heavy (non-hydrogen) atoms. The Kier molecular flexibility index (Phi) is 2.01. The van der Waals surface area contributed by atoms with Crippen molar-refractivity contribution in [2.45, 2.75) is 6.92 Å². The minimum atomic E-state index is -0.589. The van der Waals surface area contributed by atoms with E-state index in [1.807, 2.05) is 0 Å². The quantitative estimate of drug-likeness (QED) is 0.363. The van der Waals surface area contributed by atoms with Gasteiger partial charge in [0.15, 0.2) is 4.98 Å². The Balaban J connectivity index is 3.32. The van der Waals surface area contributed by atoms with Crippen molar-refractivity contribution >= 4 is 11.4 Å². The molecule has 0 heterocycles. The summed E-state index contributed by atoms with van der Waals surface area (Å²) in [6, 6.07) is 4.34. The van der Waals surface area contributed by atoms with Crippen LogP contribution in [0.4, 0.5) is 11.4 Å². The van der Waals surface area contributed by atoms with Gasteiger partial charge in [-0.2, -0.15) is 0 Å². The number of aryl methyl sites for hydroxylation is 1. The van der Waals surface area contributed by atoms with Crippen LogP contribution in [0.25, 0.3) is 4.98 Å². The van der Waals surface area contributed by atoms with Gasteiger partial charge in [-0.05, 0) is 12.5 Å². The second kappa shape index (κ2) is 2.96. The molecule has 0 atom stereocenters. The van der Waals surface area contributed by atoms with Crippen molar-refractivity contribution in [3.8, 4) is 0 Å². The Morgan fingerprint density at radius 3 is 2.75 bits per heavy atom. The van der Waals surface area contributed by atoms with Gasteiger partial charge in [0.1, 0.15) is 0 Å². The van der Waals surface area contributed by atoms with E-state index in [4.69, 9.17) is 5.39 Å². The third kappa shape index (κ3) is 1.37. The minimum Gasteiger partial charge on any atom is -0.258 e. The Morgan fingerprint density at radius 1 is 1.58 bits per heavy atom. The van der Waals surface area contributed by atoms with Crippen molar-refractivity contribution in [1.29, 1.82) is 5.39 Å². The van der Waals surface area contributed by atoms with E-state index in [-0.39, 0.29) is 11.4 Å². The lowest BCUT2D eigenvalue weighted by atomic mass is 10.2. The second-order valence-corrected chi connectivity index (χ2v) is 2.35. The van der Waals surface area contributed by atoms with E-state index in [0.29, 0.717) is 0 Å². The monoisotopic (exact) mass is 164 g/mol. The van der Waals surface area contributed by atoms with Crippen molar-refractivity contribution in [2.75, 3.05) is 0 Å². The van der Waals surface area contributed by atoms with Crippen LogP contribution in [-0.4, -0.2) is 4.92 Å². The molecule has 1 rings (SSSR count). The Morgan fingerprint density at radius 2 is 2.25 bits per heavy atom. The van der Waals surface area contributed by atoms with Gasteiger partial charge in [0.25, 0.3) is 0 Å². The predicted octanol–water partition coefficient (Wildman–Crippen LogP) is 2.39. The highest BCUT2D eigenvalue weighted by atomic mass is 16.6. The maximum Gasteiger partial charge on any atom is 0.461 e. The van der Waals surface area contributed by atoms with Gasteiger partial charge in [-0.25, -0.2) is 0 Å². The van der Waals surface area contributed by atoms with Gasteiger partial charge < -0.3 is 0 Å². The molecule has 0 bridgehead atoms. The van der Waals surface area contributed by atoms with Crippen molar-refractivity contribution in [3.05, 3.63) is 38.9 Å². The largest absolute Gasteiger partial charge is 0.461 e. The smallest absolute Gasteiger partial charge is 0.258 e. The van der Waals surface area contributed by atoms with Crippen LogP contribution in [-0.2, 0) is 0 Å². The lowest BCUT2D eigenvalue weighted by Crippen LogP contribution is -1.87. The first-order chi connectivity index (χ1) is 5.65. The van der Waals surface area contributed by atoms with E-state index in [2.05, 4.69) is 4.98 Å². The number of diazo groups is 1. The Bertz CT molecular complexity index is 367. The van der Waals surface area contributed by atoms with Crippen molar-refractivity contribution < 1.29 is 4.92 Å². The van der Waals surface area contributed by atoms with Gasteiger partial charge >= 0.3 is 11.4 Å². The van der Waals surface area contributed by atoms with E-state index < -0.39 is 4.92 Å². The van der Waals surface area contributed by atoms with Crippen LogP contribution in [0.15, 0.2) is 18.2 Å². The van der Waals surface area contributed by atoms with Crippen LogP contribution in [0.5, 0.6) is 0 Å². The fourth-order valence-electron chi connectivity index (χ4n) is 0.868. The van der Waals surface area contributed by atoms with Crippen LogP contribution in [0, 0.1) is 22.4 Å². The molecule has 5 heteroatoms. The summed E-state index contributed by atoms with van der Waals surface area (Å²) in [6.45, 7) is 1.76. The lowest BCUT2D eigenvalue weighted by Gasteiger charge is -1.87. The van der Waals surface area contributed by atoms with Crippen LogP contribution >= 0.6 is 0 Å².